The van der Waals surface area contributed by atoms with Crippen LogP contribution in [0, 0.1) is 0 Å². The Morgan fingerprint density at radius 2 is 1.76 bits per heavy atom. The minimum absolute atomic E-state index is 0.159. The Hall–Kier alpha value is -1.20. The van der Waals surface area contributed by atoms with E-state index in [0.29, 0.717) is 18.6 Å². The number of anilines is 1. The average Bonchev–Trinajstić information content (AvgIpc) is 2.76. The molecule has 0 saturated carbocycles. The standard InChI is InChI=1S/C16H26N4O/c1-3-13-14(9-17)16(19-18-15(13)4-2)20-10-5-6-11(20)8-12(21)7-10/h10-12,21H,3-9,17H2,1-2H3. The van der Waals surface area contributed by atoms with Gasteiger partial charge in [-0.15, -0.1) is 5.10 Å². The summed E-state index contributed by atoms with van der Waals surface area (Å²) in [4.78, 5) is 2.40. The van der Waals surface area contributed by atoms with Crippen LogP contribution in [0.4, 0.5) is 5.82 Å². The number of nitrogens with two attached hydrogens (primary N) is 1. The van der Waals surface area contributed by atoms with Crippen molar-refractivity contribution >= 4 is 5.82 Å². The lowest BCUT2D eigenvalue weighted by Crippen LogP contribution is -2.46. The average molecular weight is 290 g/mol. The predicted molar refractivity (Wildman–Crippen MR) is 83.2 cm³/mol. The van der Waals surface area contributed by atoms with Gasteiger partial charge in [0.15, 0.2) is 5.82 Å². The summed E-state index contributed by atoms with van der Waals surface area (Å²) in [6.07, 6.45) is 5.67. The first-order chi connectivity index (χ1) is 10.2. The number of hydrogen-bond acceptors (Lipinski definition) is 5. The molecule has 5 heteroatoms. The molecule has 3 heterocycles. The van der Waals surface area contributed by atoms with Crippen LogP contribution in [-0.2, 0) is 19.4 Å². The van der Waals surface area contributed by atoms with Gasteiger partial charge in [-0.05, 0) is 44.1 Å². The summed E-state index contributed by atoms with van der Waals surface area (Å²) in [6.45, 7) is 4.79. The highest BCUT2D eigenvalue weighted by molar-refractivity contribution is 5.54. The van der Waals surface area contributed by atoms with E-state index in [0.717, 1.165) is 55.6 Å². The molecule has 0 aromatic carbocycles. The van der Waals surface area contributed by atoms with E-state index in [2.05, 4.69) is 28.9 Å². The molecule has 3 rings (SSSR count). The molecule has 2 bridgehead atoms. The summed E-state index contributed by atoms with van der Waals surface area (Å²) in [5, 5.41) is 19.0. The van der Waals surface area contributed by atoms with Gasteiger partial charge in [-0.25, -0.2) is 0 Å². The van der Waals surface area contributed by atoms with Gasteiger partial charge in [0, 0.05) is 24.2 Å². The summed E-state index contributed by atoms with van der Waals surface area (Å²) in [7, 11) is 0. The van der Waals surface area contributed by atoms with E-state index in [1.54, 1.807) is 0 Å². The van der Waals surface area contributed by atoms with Gasteiger partial charge in [0.25, 0.3) is 0 Å². The summed E-state index contributed by atoms with van der Waals surface area (Å²) < 4.78 is 0. The lowest BCUT2D eigenvalue weighted by molar-refractivity contribution is 0.126. The molecule has 2 fully saturated rings. The number of piperidine rings is 1. The highest BCUT2D eigenvalue weighted by Gasteiger charge is 2.42. The van der Waals surface area contributed by atoms with Crippen LogP contribution in [-0.4, -0.2) is 33.5 Å². The lowest BCUT2D eigenvalue weighted by atomic mass is 9.97. The van der Waals surface area contributed by atoms with Crippen LogP contribution in [0.15, 0.2) is 0 Å². The van der Waals surface area contributed by atoms with E-state index in [-0.39, 0.29) is 6.10 Å². The molecule has 2 aliphatic rings. The zero-order valence-electron chi connectivity index (χ0n) is 13.0. The summed E-state index contributed by atoms with van der Waals surface area (Å²) >= 11 is 0. The number of hydrogen-bond donors (Lipinski definition) is 2. The Labute approximate surface area is 126 Å². The van der Waals surface area contributed by atoms with Crippen LogP contribution in [0.5, 0.6) is 0 Å². The molecule has 1 aromatic rings. The molecule has 2 atom stereocenters. The summed E-state index contributed by atoms with van der Waals surface area (Å²) in [6, 6.07) is 0.797. The normalized spacial score (nSPS) is 28.2. The fourth-order valence-corrected chi connectivity index (χ4v) is 4.16. The third-order valence-electron chi connectivity index (χ3n) is 5.09. The van der Waals surface area contributed by atoms with Crippen LogP contribution in [0.3, 0.4) is 0 Å². The quantitative estimate of drug-likeness (QED) is 0.880. The van der Waals surface area contributed by atoms with Crippen molar-refractivity contribution in [2.24, 2.45) is 5.73 Å². The minimum Gasteiger partial charge on any atom is -0.393 e. The van der Waals surface area contributed by atoms with Crippen molar-refractivity contribution in [1.82, 2.24) is 10.2 Å². The molecule has 0 radical (unpaired) electrons. The second-order valence-corrected chi connectivity index (χ2v) is 6.26. The van der Waals surface area contributed by atoms with Crippen molar-refractivity contribution in [3.8, 4) is 0 Å². The largest absolute Gasteiger partial charge is 0.393 e. The fourth-order valence-electron chi connectivity index (χ4n) is 4.16. The molecule has 2 saturated heterocycles. The van der Waals surface area contributed by atoms with Crippen molar-refractivity contribution < 1.29 is 5.11 Å². The number of aliphatic hydroxyl groups is 1. The number of aromatic nitrogens is 2. The van der Waals surface area contributed by atoms with Crippen LogP contribution in [0.2, 0.25) is 0 Å². The van der Waals surface area contributed by atoms with E-state index in [1.165, 1.54) is 5.56 Å². The van der Waals surface area contributed by atoms with Crippen LogP contribution >= 0.6 is 0 Å². The Bertz CT molecular complexity index is 505. The molecule has 0 aliphatic carbocycles. The Morgan fingerprint density at radius 1 is 1.10 bits per heavy atom. The first-order valence-corrected chi connectivity index (χ1v) is 8.23. The lowest BCUT2D eigenvalue weighted by Gasteiger charge is -2.39. The third kappa shape index (κ3) is 2.42. The van der Waals surface area contributed by atoms with Gasteiger partial charge in [-0.3, -0.25) is 0 Å². The molecular weight excluding hydrogens is 264 g/mol. The second-order valence-electron chi connectivity index (χ2n) is 6.26. The summed E-state index contributed by atoms with van der Waals surface area (Å²) in [5.41, 5.74) is 9.57. The van der Waals surface area contributed by atoms with Crippen LogP contribution in [0.25, 0.3) is 0 Å². The van der Waals surface area contributed by atoms with E-state index < -0.39 is 0 Å². The Balaban J connectivity index is 2.03. The molecule has 2 aliphatic heterocycles. The maximum atomic E-state index is 9.98. The number of aryl methyl sites for hydroxylation is 1. The topological polar surface area (TPSA) is 75.3 Å². The van der Waals surface area contributed by atoms with Gasteiger partial charge in [-0.1, -0.05) is 13.8 Å². The Kier molecular flexibility index (Phi) is 4.13. The van der Waals surface area contributed by atoms with Crippen molar-refractivity contribution in [1.29, 1.82) is 0 Å². The van der Waals surface area contributed by atoms with E-state index >= 15 is 0 Å². The molecule has 5 nitrogen and oxygen atoms in total. The smallest absolute Gasteiger partial charge is 0.156 e. The number of fused-ring (bicyclic) bond motifs is 2. The second kappa shape index (κ2) is 5.89. The Morgan fingerprint density at radius 3 is 2.29 bits per heavy atom. The van der Waals surface area contributed by atoms with Crippen LogP contribution < -0.4 is 10.6 Å². The van der Waals surface area contributed by atoms with Gasteiger partial charge < -0.3 is 15.7 Å². The number of rotatable bonds is 4. The van der Waals surface area contributed by atoms with Crippen LogP contribution in [0.1, 0.15) is 56.4 Å². The minimum atomic E-state index is -0.159. The molecule has 3 N–H and O–H groups in total. The van der Waals surface area contributed by atoms with Crippen molar-refractivity contribution in [2.45, 2.75) is 77.1 Å². The predicted octanol–water partition coefficient (Wildman–Crippen LogP) is 1.55. The maximum Gasteiger partial charge on any atom is 0.156 e. The highest BCUT2D eigenvalue weighted by atomic mass is 16.3. The zero-order valence-corrected chi connectivity index (χ0v) is 13.0. The van der Waals surface area contributed by atoms with Crippen molar-refractivity contribution in [3.05, 3.63) is 16.8 Å². The molecule has 0 spiro atoms. The maximum absolute atomic E-state index is 9.98. The molecule has 0 amide bonds. The molecule has 116 valence electrons. The monoisotopic (exact) mass is 290 g/mol. The van der Waals surface area contributed by atoms with Gasteiger partial charge in [0.05, 0.1) is 11.8 Å². The zero-order chi connectivity index (χ0) is 15.0. The first kappa shape index (κ1) is 14.7. The van der Waals surface area contributed by atoms with Gasteiger partial charge in [-0.2, -0.15) is 5.10 Å². The summed E-state index contributed by atoms with van der Waals surface area (Å²) in [5.74, 6) is 0.978. The van der Waals surface area contributed by atoms with E-state index in [1.807, 2.05) is 0 Å². The van der Waals surface area contributed by atoms with Crippen molar-refractivity contribution in [2.75, 3.05) is 4.90 Å². The van der Waals surface area contributed by atoms with E-state index in [4.69, 9.17) is 5.73 Å². The van der Waals surface area contributed by atoms with E-state index in [9.17, 15) is 5.11 Å². The molecule has 21 heavy (non-hydrogen) atoms. The number of nitrogens with zero attached hydrogens (tertiary/aromatic N) is 3. The SMILES string of the molecule is CCc1nnc(N2C3CCC2CC(O)C3)c(CN)c1CC. The van der Waals surface area contributed by atoms with Gasteiger partial charge in [0.2, 0.25) is 0 Å². The molecule has 1 aromatic heterocycles. The van der Waals surface area contributed by atoms with Crippen molar-refractivity contribution in [3.63, 3.8) is 0 Å². The highest BCUT2D eigenvalue weighted by Crippen LogP contribution is 2.40. The number of aliphatic hydroxyl groups excluding tert-OH is 1. The third-order valence-corrected chi connectivity index (χ3v) is 5.09. The fraction of sp³-hybridized carbons (Fsp3) is 0.750. The first-order valence-electron chi connectivity index (χ1n) is 8.23. The molecule has 2 unspecified atom stereocenters. The van der Waals surface area contributed by atoms with Gasteiger partial charge in [0.1, 0.15) is 0 Å². The van der Waals surface area contributed by atoms with Gasteiger partial charge >= 0.3 is 0 Å². The molecular formula is C16H26N4O.